The van der Waals surface area contributed by atoms with Crippen LogP contribution in [0, 0.1) is 0 Å². The Morgan fingerprint density at radius 1 is 1.05 bits per heavy atom. The first kappa shape index (κ1) is 16.9. The van der Waals surface area contributed by atoms with E-state index in [1.165, 1.54) is 40.9 Å². The Bertz CT molecular complexity index is 385. The van der Waals surface area contributed by atoms with Crippen LogP contribution in [0.5, 0.6) is 0 Å². The second-order valence-corrected chi connectivity index (χ2v) is 12.2. The topological polar surface area (TPSA) is 9.23 Å². The van der Waals surface area contributed by atoms with E-state index in [-0.39, 0.29) is 0 Å². The first-order valence-corrected chi connectivity index (χ1v) is 11.6. The second-order valence-electron chi connectivity index (χ2n) is 6.21. The zero-order chi connectivity index (χ0) is 14.3. The Morgan fingerprint density at radius 3 is 2.42 bits per heavy atom. The molecule has 1 aromatic carbocycles. The van der Waals surface area contributed by atoms with Crippen LogP contribution in [0.2, 0.25) is 19.6 Å². The van der Waals surface area contributed by atoms with Crippen molar-refractivity contribution in [3.8, 4) is 0 Å². The van der Waals surface area contributed by atoms with Crippen LogP contribution >= 0.6 is 15.9 Å². The molecule has 1 aromatic rings. The maximum atomic E-state index is 5.78. The monoisotopic (exact) mass is 342 g/mol. The van der Waals surface area contributed by atoms with Gasteiger partial charge in [-0.15, -0.1) is 0 Å². The molecule has 0 saturated carbocycles. The standard InChI is InChI=1S/C16H27BrOSi/c1-5-6-7-8-9-18-13-14-10-15(17)12-16(11-14)19(2,3)4/h10-12H,5-9,13H2,1-4H3. The predicted octanol–water partition coefficient (Wildman–Crippen LogP) is 5.09. The molecule has 0 aliphatic heterocycles. The van der Waals surface area contributed by atoms with E-state index in [1.54, 1.807) is 0 Å². The van der Waals surface area contributed by atoms with Crippen molar-refractivity contribution < 1.29 is 4.74 Å². The van der Waals surface area contributed by atoms with Crippen molar-refractivity contribution in [1.82, 2.24) is 0 Å². The van der Waals surface area contributed by atoms with Gasteiger partial charge >= 0.3 is 0 Å². The van der Waals surface area contributed by atoms with Crippen molar-refractivity contribution in [2.24, 2.45) is 0 Å². The van der Waals surface area contributed by atoms with E-state index < -0.39 is 8.07 Å². The molecule has 0 fully saturated rings. The number of hydrogen-bond donors (Lipinski definition) is 0. The lowest BCUT2D eigenvalue weighted by Crippen LogP contribution is -2.37. The third-order valence-corrected chi connectivity index (χ3v) is 5.71. The Hall–Kier alpha value is -0.123. The summed E-state index contributed by atoms with van der Waals surface area (Å²) in [6.45, 7) is 11.0. The van der Waals surface area contributed by atoms with Crippen LogP contribution < -0.4 is 5.19 Å². The van der Waals surface area contributed by atoms with Crippen LogP contribution in [-0.2, 0) is 11.3 Å². The summed E-state index contributed by atoms with van der Waals surface area (Å²) in [6, 6.07) is 6.76. The fourth-order valence-corrected chi connectivity index (χ4v) is 3.95. The molecule has 0 unspecified atom stereocenters. The van der Waals surface area contributed by atoms with E-state index in [2.05, 4.69) is 60.7 Å². The van der Waals surface area contributed by atoms with Crippen LogP contribution in [0.25, 0.3) is 0 Å². The minimum atomic E-state index is -1.25. The lowest BCUT2D eigenvalue weighted by Gasteiger charge is -2.18. The number of unbranched alkanes of at least 4 members (excludes halogenated alkanes) is 3. The molecule has 108 valence electrons. The zero-order valence-electron chi connectivity index (χ0n) is 12.8. The summed E-state index contributed by atoms with van der Waals surface area (Å²) in [6.07, 6.45) is 5.07. The van der Waals surface area contributed by atoms with Gasteiger partial charge in [-0.05, 0) is 24.1 Å². The van der Waals surface area contributed by atoms with Crippen molar-refractivity contribution >= 4 is 29.2 Å². The maximum absolute atomic E-state index is 5.78. The van der Waals surface area contributed by atoms with Crippen LogP contribution in [0.3, 0.4) is 0 Å². The highest BCUT2D eigenvalue weighted by Crippen LogP contribution is 2.15. The van der Waals surface area contributed by atoms with Gasteiger partial charge in [0.2, 0.25) is 0 Å². The van der Waals surface area contributed by atoms with Crippen molar-refractivity contribution in [2.75, 3.05) is 6.61 Å². The number of ether oxygens (including phenoxy) is 1. The summed E-state index contributed by atoms with van der Waals surface area (Å²) >= 11 is 3.62. The molecule has 0 aliphatic rings. The molecule has 19 heavy (non-hydrogen) atoms. The Labute approximate surface area is 127 Å². The lowest BCUT2D eigenvalue weighted by molar-refractivity contribution is 0.117. The molecule has 0 spiro atoms. The van der Waals surface area contributed by atoms with Gasteiger partial charge in [-0.1, -0.05) is 73.0 Å². The molecule has 0 aromatic heterocycles. The largest absolute Gasteiger partial charge is 0.377 e. The van der Waals surface area contributed by atoms with Gasteiger partial charge in [-0.25, -0.2) is 0 Å². The quantitative estimate of drug-likeness (QED) is 0.472. The molecule has 0 aliphatic carbocycles. The van der Waals surface area contributed by atoms with E-state index in [0.717, 1.165) is 13.2 Å². The van der Waals surface area contributed by atoms with Gasteiger partial charge in [0.05, 0.1) is 14.7 Å². The van der Waals surface area contributed by atoms with Gasteiger partial charge in [0.15, 0.2) is 0 Å². The van der Waals surface area contributed by atoms with E-state index in [4.69, 9.17) is 4.74 Å². The maximum Gasteiger partial charge on any atom is 0.0776 e. The molecule has 1 nitrogen and oxygen atoms in total. The van der Waals surface area contributed by atoms with Crippen LogP contribution in [0.4, 0.5) is 0 Å². The molecule has 1 rings (SSSR count). The molecule has 0 atom stereocenters. The Kier molecular flexibility index (Phi) is 7.33. The van der Waals surface area contributed by atoms with E-state index in [1.807, 2.05) is 0 Å². The van der Waals surface area contributed by atoms with Gasteiger partial charge in [0.25, 0.3) is 0 Å². The summed E-state index contributed by atoms with van der Waals surface area (Å²) in [5.41, 5.74) is 1.29. The third-order valence-electron chi connectivity index (χ3n) is 3.23. The molecular formula is C16H27BrOSi. The number of halogens is 1. The number of benzene rings is 1. The first-order valence-electron chi connectivity index (χ1n) is 7.31. The summed E-state index contributed by atoms with van der Waals surface area (Å²) in [7, 11) is -1.25. The third kappa shape index (κ3) is 6.73. The van der Waals surface area contributed by atoms with Crippen molar-refractivity contribution in [3.05, 3.63) is 28.2 Å². The molecule has 0 bridgehead atoms. The van der Waals surface area contributed by atoms with Gasteiger partial charge in [0, 0.05) is 11.1 Å². The molecular weight excluding hydrogens is 316 g/mol. The molecule has 0 saturated heterocycles. The van der Waals surface area contributed by atoms with Crippen molar-refractivity contribution in [1.29, 1.82) is 0 Å². The highest BCUT2D eigenvalue weighted by Gasteiger charge is 2.17. The summed E-state index contributed by atoms with van der Waals surface area (Å²) < 4.78 is 6.96. The normalized spacial score (nSPS) is 11.8. The lowest BCUT2D eigenvalue weighted by atomic mass is 10.2. The molecule has 3 heteroatoms. The minimum Gasteiger partial charge on any atom is -0.377 e. The summed E-state index contributed by atoms with van der Waals surface area (Å²) in [5.74, 6) is 0. The van der Waals surface area contributed by atoms with Crippen LogP contribution in [0.1, 0.15) is 38.2 Å². The molecule has 0 heterocycles. The fourth-order valence-electron chi connectivity index (χ4n) is 1.99. The van der Waals surface area contributed by atoms with E-state index >= 15 is 0 Å². The SMILES string of the molecule is CCCCCCOCc1cc(Br)cc([Si](C)(C)C)c1. The first-order chi connectivity index (χ1) is 8.93. The minimum absolute atomic E-state index is 0.739. The summed E-state index contributed by atoms with van der Waals surface area (Å²) in [5, 5.41) is 1.49. The van der Waals surface area contributed by atoms with Gasteiger partial charge in [-0.2, -0.15) is 0 Å². The van der Waals surface area contributed by atoms with Crippen molar-refractivity contribution in [2.45, 2.75) is 58.9 Å². The fraction of sp³-hybridized carbons (Fsp3) is 0.625. The van der Waals surface area contributed by atoms with Gasteiger partial charge in [-0.3, -0.25) is 0 Å². The highest BCUT2D eigenvalue weighted by molar-refractivity contribution is 9.10. The predicted molar refractivity (Wildman–Crippen MR) is 90.9 cm³/mol. The van der Waals surface area contributed by atoms with Gasteiger partial charge < -0.3 is 4.74 Å². The average molecular weight is 343 g/mol. The zero-order valence-corrected chi connectivity index (χ0v) is 15.3. The molecule has 0 radical (unpaired) electrons. The smallest absolute Gasteiger partial charge is 0.0776 e. The Balaban J connectivity index is 2.48. The van der Waals surface area contributed by atoms with Crippen LogP contribution in [0.15, 0.2) is 22.7 Å². The molecule has 0 N–H and O–H groups in total. The second kappa shape index (κ2) is 8.23. The van der Waals surface area contributed by atoms with Crippen molar-refractivity contribution in [3.63, 3.8) is 0 Å². The van der Waals surface area contributed by atoms with Crippen LogP contribution in [-0.4, -0.2) is 14.7 Å². The van der Waals surface area contributed by atoms with Gasteiger partial charge in [0.1, 0.15) is 0 Å². The molecule has 0 amide bonds. The highest BCUT2D eigenvalue weighted by atomic mass is 79.9. The van der Waals surface area contributed by atoms with E-state index in [9.17, 15) is 0 Å². The number of rotatable bonds is 8. The average Bonchev–Trinajstić information content (AvgIpc) is 2.32. The Morgan fingerprint density at radius 2 is 1.79 bits per heavy atom. The summed E-state index contributed by atoms with van der Waals surface area (Å²) in [4.78, 5) is 0. The van der Waals surface area contributed by atoms with E-state index in [0.29, 0.717) is 0 Å². The number of hydrogen-bond acceptors (Lipinski definition) is 1.